The van der Waals surface area contributed by atoms with E-state index in [9.17, 15) is 0 Å². The number of hydrogen-bond donors (Lipinski definition) is 1. The van der Waals surface area contributed by atoms with Crippen LogP contribution in [-0.2, 0) is 0 Å². The van der Waals surface area contributed by atoms with Crippen molar-refractivity contribution in [3.05, 3.63) is 23.8 Å². The van der Waals surface area contributed by atoms with E-state index in [0.717, 1.165) is 19.6 Å². The van der Waals surface area contributed by atoms with Gasteiger partial charge in [0.05, 0.1) is 0 Å². The van der Waals surface area contributed by atoms with Gasteiger partial charge < -0.3 is 20.0 Å². The molecule has 1 fully saturated rings. The minimum absolute atomic E-state index is 0.646. The minimum Gasteiger partial charge on any atom is -0.378 e. The molecule has 3 rings (SSSR count). The molecule has 0 spiro atoms. The minimum atomic E-state index is 0.646. The van der Waals surface area contributed by atoms with E-state index in [1.54, 1.807) is 0 Å². The van der Waals surface area contributed by atoms with Gasteiger partial charge in [-0.15, -0.1) is 0 Å². The third-order valence-corrected chi connectivity index (χ3v) is 4.56. The topological polar surface area (TPSA) is 21.8 Å². The second kappa shape index (κ2) is 5.62. The molecule has 1 aromatic carbocycles. The highest BCUT2D eigenvalue weighted by atomic mass is 15.2. The number of hydrogen-bond acceptors (Lipinski definition) is 4. The van der Waals surface area contributed by atoms with Gasteiger partial charge in [-0.2, -0.15) is 0 Å². The number of nitrogens with zero attached hydrogens (tertiary/aromatic N) is 3. The first-order valence-corrected chi connectivity index (χ1v) is 7.60. The summed E-state index contributed by atoms with van der Waals surface area (Å²) in [5, 5.41) is 3.43. The SMILES string of the molecule is CN(C)c1ccc2c(c1)C(CN1CCNCC1)CN2C. The molecule has 20 heavy (non-hydrogen) atoms. The second-order valence-corrected chi connectivity index (χ2v) is 6.27. The Morgan fingerprint density at radius 2 is 2.00 bits per heavy atom. The summed E-state index contributed by atoms with van der Waals surface area (Å²) in [6.45, 7) is 6.97. The van der Waals surface area contributed by atoms with E-state index in [1.807, 2.05) is 0 Å². The van der Waals surface area contributed by atoms with Crippen molar-refractivity contribution in [1.82, 2.24) is 10.2 Å². The quantitative estimate of drug-likeness (QED) is 0.894. The van der Waals surface area contributed by atoms with Gasteiger partial charge in [-0.1, -0.05) is 0 Å². The van der Waals surface area contributed by atoms with Gasteiger partial charge in [-0.3, -0.25) is 0 Å². The van der Waals surface area contributed by atoms with Crippen molar-refractivity contribution in [1.29, 1.82) is 0 Å². The van der Waals surface area contributed by atoms with Gasteiger partial charge in [0.25, 0.3) is 0 Å². The molecular formula is C16H26N4. The average Bonchev–Trinajstić information content (AvgIpc) is 2.76. The van der Waals surface area contributed by atoms with Crippen LogP contribution in [0.15, 0.2) is 18.2 Å². The molecule has 4 nitrogen and oxygen atoms in total. The van der Waals surface area contributed by atoms with Crippen molar-refractivity contribution in [2.24, 2.45) is 0 Å². The first-order valence-electron chi connectivity index (χ1n) is 7.60. The van der Waals surface area contributed by atoms with E-state index >= 15 is 0 Å². The first kappa shape index (κ1) is 13.7. The molecule has 0 radical (unpaired) electrons. The standard InChI is InChI=1S/C16H26N4/c1-18(2)14-4-5-16-15(10-14)13(11-19(16)3)12-20-8-6-17-7-9-20/h4-5,10,13,17H,6-9,11-12H2,1-3H3. The van der Waals surface area contributed by atoms with Gasteiger partial charge in [0.2, 0.25) is 0 Å². The van der Waals surface area contributed by atoms with Gasteiger partial charge in [0, 0.05) is 77.7 Å². The maximum atomic E-state index is 3.43. The molecule has 2 heterocycles. The monoisotopic (exact) mass is 274 g/mol. The molecular weight excluding hydrogens is 248 g/mol. The molecule has 4 heteroatoms. The molecule has 2 aliphatic rings. The first-order chi connectivity index (χ1) is 9.65. The third kappa shape index (κ3) is 2.63. The summed E-state index contributed by atoms with van der Waals surface area (Å²) in [5.41, 5.74) is 4.25. The fourth-order valence-electron chi connectivity index (χ4n) is 3.38. The Morgan fingerprint density at radius 1 is 1.25 bits per heavy atom. The Bertz CT molecular complexity index is 466. The Morgan fingerprint density at radius 3 is 2.70 bits per heavy atom. The lowest BCUT2D eigenvalue weighted by atomic mass is 9.99. The van der Waals surface area contributed by atoms with Crippen LogP contribution in [0.5, 0.6) is 0 Å². The van der Waals surface area contributed by atoms with Gasteiger partial charge in [-0.05, 0) is 23.8 Å². The highest BCUT2D eigenvalue weighted by molar-refractivity contribution is 5.66. The molecule has 1 unspecified atom stereocenters. The van der Waals surface area contributed by atoms with E-state index in [1.165, 1.54) is 36.6 Å². The van der Waals surface area contributed by atoms with Crippen LogP contribution in [0.25, 0.3) is 0 Å². The summed E-state index contributed by atoms with van der Waals surface area (Å²) in [6, 6.07) is 6.89. The molecule has 0 amide bonds. The molecule has 0 aliphatic carbocycles. The number of piperazine rings is 1. The lowest BCUT2D eigenvalue weighted by molar-refractivity contribution is 0.230. The van der Waals surface area contributed by atoms with Crippen molar-refractivity contribution in [3.8, 4) is 0 Å². The molecule has 0 saturated carbocycles. The Kier molecular flexibility index (Phi) is 3.85. The summed E-state index contributed by atoms with van der Waals surface area (Å²) in [6.07, 6.45) is 0. The van der Waals surface area contributed by atoms with E-state index in [0.29, 0.717) is 5.92 Å². The van der Waals surface area contributed by atoms with Crippen molar-refractivity contribution in [2.45, 2.75) is 5.92 Å². The van der Waals surface area contributed by atoms with Gasteiger partial charge in [0.1, 0.15) is 0 Å². The van der Waals surface area contributed by atoms with E-state index in [2.05, 4.69) is 59.4 Å². The molecule has 1 saturated heterocycles. The number of benzene rings is 1. The molecule has 1 aromatic rings. The fourth-order valence-corrected chi connectivity index (χ4v) is 3.38. The summed E-state index contributed by atoms with van der Waals surface area (Å²) in [7, 11) is 6.45. The smallest absolute Gasteiger partial charge is 0.0401 e. The van der Waals surface area contributed by atoms with Crippen LogP contribution in [0.2, 0.25) is 0 Å². The van der Waals surface area contributed by atoms with Crippen molar-refractivity contribution < 1.29 is 0 Å². The predicted octanol–water partition coefficient (Wildman–Crippen LogP) is 1.19. The maximum absolute atomic E-state index is 3.43. The Hall–Kier alpha value is -1.26. The molecule has 110 valence electrons. The molecule has 2 aliphatic heterocycles. The molecule has 0 bridgehead atoms. The Balaban J connectivity index is 1.79. The van der Waals surface area contributed by atoms with Crippen LogP contribution in [0.4, 0.5) is 11.4 Å². The normalized spacial score (nSPS) is 22.9. The fraction of sp³-hybridized carbons (Fsp3) is 0.625. The second-order valence-electron chi connectivity index (χ2n) is 6.27. The highest BCUT2D eigenvalue weighted by Gasteiger charge is 2.28. The summed E-state index contributed by atoms with van der Waals surface area (Å²) >= 11 is 0. The lowest BCUT2D eigenvalue weighted by Crippen LogP contribution is -2.45. The lowest BCUT2D eigenvalue weighted by Gasteiger charge is -2.29. The van der Waals surface area contributed by atoms with Crippen molar-refractivity contribution in [3.63, 3.8) is 0 Å². The molecule has 0 aromatic heterocycles. The van der Waals surface area contributed by atoms with Crippen LogP contribution in [-0.4, -0.2) is 65.3 Å². The largest absolute Gasteiger partial charge is 0.378 e. The third-order valence-electron chi connectivity index (χ3n) is 4.56. The van der Waals surface area contributed by atoms with Crippen LogP contribution in [0, 0.1) is 0 Å². The number of nitrogens with one attached hydrogen (secondary N) is 1. The van der Waals surface area contributed by atoms with Crippen LogP contribution < -0.4 is 15.1 Å². The number of anilines is 2. The highest BCUT2D eigenvalue weighted by Crippen LogP contribution is 2.37. The zero-order valence-electron chi connectivity index (χ0n) is 12.9. The number of fused-ring (bicyclic) bond motifs is 1. The molecule has 1 N–H and O–H groups in total. The van der Waals surface area contributed by atoms with Crippen molar-refractivity contribution >= 4 is 11.4 Å². The zero-order chi connectivity index (χ0) is 14.1. The van der Waals surface area contributed by atoms with E-state index in [4.69, 9.17) is 0 Å². The molecule has 1 atom stereocenters. The summed E-state index contributed by atoms with van der Waals surface area (Å²) in [5.74, 6) is 0.646. The van der Waals surface area contributed by atoms with Gasteiger partial charge >= 0.3 is 0 Å². The van der Waals surface area contributed by atoms with Gasteiger partial charge in [-0.25, -0.2) is 0 Å². The zero-order valence-corrected chi connectivity index (χ0v) is 12.9. The summed E-state index contributed by atoms with van der Waals surface area (Å²) < 4.78 is 0. The van der Waals surface area contributed by atoms with Crippen LogP contribution >= 0.6 is 0 Å². The average molecular weight is 274 g/mol. The summed E-state index contributed by atoms with van der Waals surface area (Å²) in [4.78, 5) is 7.20. The number of rotatable bonds is 3. The Labute approximate surface area is 122 Å². The van der Waals surface area contributed by atoms with E-state index in [-0.39, 0.29) is 0 Å². The maximum Gasteiger partial charge on any atom is 0.0401 e. The van der Waals surface area contributed by atoms with Crippen LogP contribution in [0.3, 0.4) is 0 Å². The van der Waals surface area contributed by atoms with E-state index < -0.39 is 0 Å². The van der Waals surface area contributed by atoms with Crippen LogP contribution in [0.1, 0.15) is 11.5 Å². The number of likely N-dealkylation sites (N-methyl/N-ethyl adjacent to an activating group) is 1. The van der Waals surface area contributed by atoms with Crippen molar-refractivity contribution in [2.75, 3.05) is 70.2 Å². The predicted molar refractivity (Wildman–Crippen MR) is 86.1 cm³/mol. The van der Waals surface area contributed by atoms with Gasteiger partial charge in [0.15, 0.2) is 0 Å².